The molecule has 3 N–H and O–H groups in total. The van der Waals surface area contributed by atoms with Gasteiger partial charge in [-0.1, -0.05) is 11.6 Å². The lowest BCUT2D eigenvalue weighted by Gasteiger charge is -2.13. The van der Waals surface area contributed by atoms with Crippen LogP contribution in [0, 0.1) is 13.8 Å². The van der Waals surface area contributed by atoms with Crippen molar-refractivity contribution in [3.63, 3.8) is 0 Å². The molecule has 6 nitrogen and oxygen atoms in total. The molecule has 1 heterocycles. The summed E-state index contributed by atoms with van der Waals surface area (Å²) in [5.41, 5.74) is 5.62. The van der Waals surface area contributed by atoms with Crippen molar-refractivity contribution in [2.24, 2.45) is 5.73 Å². The van der Waals surface area contributed by atoms with Crippen LogP contribution < -0.4 is 15.8 Å². The molecule has 0 atom stereocenters. The van der Waals surface area contributed by atoms with E-state index in [0.29, 0.717) is 5.75 Å². The Hall–Kier alpha value is -2.68. The number of nitrogens with one attached hydrogen (secondary N) is 1. The zero-order valence-electron chi connectivity index (χ0n) is 14.4. The molecule has 9 heteroatoms. The summed E-state index contributed by atoms with van der Waals surface area (Å²) in [7, 11) is 0. The highest BCUT2D eigenvalue weighted by Gasteiger charge is 2.33. The summed E-state index contributed by atoms with van der Waals surface area (Å²) < 4.78 is 43.9. The monoisotopic (exact) mass is 368 g/mol. The lowest BCUT2D eigenvalue weighted by molar-refractivity contribution is -0.141. The second-order valence-corrected chi connectivity index (χ2v) is 5.63. The Morgan fingerprint density at radius 2 is 1.96 bits per heavy atom. The van der Waals surface area contributed by atoms with Crippen molar-refractivity contribution in [1.82, 2.24) is 15.3 Å². The first-order valence-corrected chi connectivity index (χ1v) is 7.84. The Morgan fingerprint density at radius 3 is 2.62 bits per heavy atom. The normalized spacial score (nSPS) is 11.3. The summed E-state index contributed by atoms with van der Waals surface area (Å²) in [6.45, 7) is 3.52. The number of ether oxygens (including phenoxy) is 1. The van der Waals surface area contributed by atoms with Gasteiger partial charge in [-0.2, -0.15) is 13.2 Å². The van der Waals surface area contributed by atoms with E-state index in [1.54, 1.807) is 18.2 Å². The molecule has 0 aliphatic carbocycles. The number of aryl methyl sites for hydroxylation is 2. The number of carbonyl (C=O) groups excluding carboxylic acids is 1. The molecule has 1 aromatic carbocycles. The fourth-order valence-corrected chi connectivity index (χ4v) is 2.22. The highest BCUT2D eigenvalue weighted by atomic mass is 19.4. The smallest absolute Gasteiger partial charge is 0.433 e. The number of benzene rings is 1. The maximum Gasteiger partial charge on any atom is 0.433 e. The van der Waals surface area contributed by atoms with E-state index in [9.17, 15) is 18.0 Å². The maximum atomic E-state index is 12.8. The lowest BCUT2D eigenvalue weighted by Crippen LogP contribution is -2.26. The number of nitrogens with two attached hydrogens (primary N) is 1. The van der Waals surface area contributed by atoms with E-state index in [1.807, 2.05) is 6.92 Å². The summed E-state index contributed by atoms with van der Waals surface area (Å²) in [4.78, 5) is 19.8. The third-order valence-electron chi connectivity index (χ3n) is 3.35. The molecule has 0 radical (unpaired) electrons. The second kappa shape index (κ2) is 8.13. The Labute approximate surface area is 148 Å². The van der Waals surface area contributed by atoms with E-state index < -0.39 is 17.8 Å². The van der Waals surface area contributed by atoms with Crippen LogP contribution in [0.5, 0.6) is 5.75 Å². The standard InChI is InChI=1S/C17H19F3N4O2/c1-10-3-4-13(26-6-5-21)12(7-10)16(25)22-9-15-23-11(2)8-14(24-15)17(18,19)20/h3-4,7-8H,5-6,9,21H2,1-2H3,(H,22,25). The van der Waals surface area contributed by atoms with Gasteiger partial charge in [-0.15, -0.1) is 0 Å². The van der Waals surface area contributed by atoms with Crippen molar-refractivity contribution < 1.29 is 22.7 Å². The Morgan fingerprint density at radius 1 is 1.23 bits per heavy atom. The Kier molecular flexibility index (Phi) is 6.14. The predicted molar refractivity (Wildman–Crippen MR) is 88.7 cm³/mol. The van der Waals surface area contributed by atoms with E-state index in [4.69, 9.17) is 10.5 Å². The van der Waals surface area contributed by atoms with Gasteiger partial charge in [0.15, 0.2) is 0 Å². The number of hydrogen-bond donors (Lipinski definition) is 2. The summed E-state index contributed by atoms with van der Waals surface area (Å²) in [6, 6.07) is 5.90. The van der Waals surface area contributed by atoms with Gasteiger partial charge < -0.3 is 15.8 Å². The first-order chi connectivity index (χ1) is 12.2. The molecule has 0 aliphatic rings. The lowest BCUT2D eigenvalue weighted by atomic mass is 10.1. The number of halogens is 3. The van der Waals surface area contributed by atoms with Crippen molar-refractivity contribution in [3.05, 3.63) is 52.6 Å². The number of carbonyl (C=O) groups is 1. The van der Waals surface area contributed by atoms with E-state index in [-0.39, 0.29) is 36.8 Å². The zero-order valence-corrected chi connectivity index (χ0v) is 14.4. The molecule has 1 amide bonds. The van der Waals surface area contributed by atoms with Crippen molar-refractivity contribution in [1.29, 1.82) is 0 Å². The number of alkyl halides is 3. The van der Waals surface area contributed by atoms with Gasteiger partial charge in [0.05, 0.1) is 12.1 Å². The molecule has 0 saturated carbocycles. The topological polar surface area (TPSA) is 90.1 Å². The average Bonchev–Trinajstić information content (AvgIpc) is 2.57. The van der Waals surface area contributed by atoms with E-state index >= 15 is 0 Å². The first kappa shape index (κ1) is 19.6. The van der Waals surface area contributed by atoms with Gasteiger partial charge in [0, 0.05) is 12.2 Å². The van der Waals surface area contributed by atoms with E-state index in [0.717, 1.165) is 11.6 Å². The molecule has 0 spiro atoms. The molecule has 2 rings (SSSR count). The molecule has 0 bridgehead atoms. The van der Waals surface area contributed by atoms with Crippen LogP contribution in [0.4, 0.5) is 13.2 Å². The van der Waals surface area contributed by atoms with Gasteiger partial charge in [0.25, 0.3) is 5.91 Å². The molecule has 0 fully saturated rings. The number of amides is 1. The van der Waals surface area contributed by atoms with E-state index in [1.165, 1.54) is 6.92 Å². The number of aromatic nitrogens is 2. The summed E-state index contributed by atoms with van der Waals surface area (Å²) in [5, 5.41) is 2.52. The SMILES string of the molecule is Cc1ccc(OCCN)c(C(=O)NCc2nc(C)cc(C(F)(F)F)n2)c1. The van der Waals surface area contributed by atoms with Crippen LogP contribution in [0.3, 0.4) is 0 Å². The van der Waals surface area contributed by atoms with Crippen molar-refractivity contribution in [2.45, 2.75) is 26.6 Å². The molecule has 140 valence electrons. The van der Waals surface area contributed by atoms with Crippen LogP contribution in [0.2, 0.25) is 0 Å². The third kappa shape index (κ3) is 5.16. The highest BCUT2D eigenvalue weighted by Crippen LogP contribution is 2.27. The quantitative estimate of drug-likeness (QED) is 0.817. The fourth-order valence-electron chi connectivity index (χ4n) is 2.22. The van der Waals surface area contributed by atoms with Gasteiger partial charge in [0.1, 0.15) is 23.9 Å². The minimum absolute atomic E-state index is 0.122. The average molecular weight is 368 g/mol. The van der Waals surface area contributed by atoms with Gasteiger partial charge in [-0.25, -0.2) is 9.97 Å². The second-order valence-electron chi connectivity index (χ2n) is 5.63. The Bertz CT molecular complexity index is 794. The van der Waals surface area contributed by atoms with Crippen molar-refractivity contribution in [2.75, 3.05) is 13.2 Å². The fraction of sp³-hybridized carbons (Fsp3) is 0.353. The molecular weight excluding hydrogens is 349 g/mol. The van der Waals surface area contributed by atoms with Crippen LogP contribution in [0.1, 0.15) is 33.1 Å². The van der Waals surface area contributed by atoms with Crippen molar-refractivity contribution >= 4 is 5.91 Å². The Balaban J connectivity index is 2.17. The molecule has 0 aliphatic heterocycles. The van der Waals surface area contributed by atoms with Crippen LogP contribution in [-0.4, -0.2) is 29.0 Å². The number of nitrogens with zero attached hydrogens (tertiary/aromatic N) is 2. The van der Waals surface area contributed by atoms with Gasteiger partial charge >= 0.3 is 6.18 Å². The maximum absolute atomic E-state index is 12.8. The summed E-state index contributed by atoms with van der Waals surface area (Å²) >= 11 is 0. The van der Waals surface area contributed by atoms with Gasteiger partial charge in [-0.05, 0) is 32.0 Å². The predicted octanol–water partition coefficient (Wildman–Crippen LogP) is 2.38. The highest BCUT2D eigenvalue weighted by molar-refractivity contribution is 5.97. The van der Waals surface area contributed by atoms with Crippen LogP contribution in [0.25, 0.3) is 0 Å². The molecule has 26 heavy (non-hydrogen) atoms. The van der Waals surface area contributed by atoms with E-state index in [2.05, 4.69) is 15.3 Å². The largest absolute Gasteiger partial charge is 0.491 e. The molecule has 0 unspecified atom stereocenters. The molecular formula is C17H19F3N4O2. The zero-order chi connectivity index (χ0) is 19.3. The van der Waals surface area contributed by atoms with Gasteiger partial charge in [-0.3, -0.25) is 4.79 Å². The summed E-state index contributed by atoms with van der Waals surface area (Å²) in [6.07, 6.45) is -4.58. The van der Waals surface area contributed by atoms with Crippen LogP contribution >= 0.6 is 0 Å². The first-order valence-electron chi connectivity index (χ1n) is 7.84. The number of hydrogen-bond acceptors (Lipinski definition) is 5. The van der Waals surface area contributed by atoms with Crippen molar-refractivity contribution in [3.8, 4) is 5.75 Å². The molecule has 2 aromatic rings. The van der Waals surface area contributed by atoms with Crippen LogP contribution in [0.15, 0.2) is 24.3 Å². The minimum atomic E-state index is -4.58. The minimum Gasteiger partial charge on any atom is -0.491 e. The molecule has 1 aromatic heterocycles. The van der Waals surface area contributed by atoms with Gasteiger partial charge in [0.2, 0.25) is 0 Å². The number of rotatable bonds is 6. The van der Waals surface area contributed by atoms with Crippen LogP contribution in [-0.2, 0) is 12.7 Å². The molecule has 0 saturated heterocycles. The summed E-state index contributed by atoms with van der Waals surface area (Å²) in [5.74, 6) is -0.276. The third-order valence-corrected chi connectivity index (χ3v) is 3.35.